The molecule has 1 atom stereocenters. The van der Waals surface area contributed by atoms with E-state index in [9.17, 15) is 4.79 Å². The molecule has 0 bridgehead atoms. The molecule has 6 heteroatoms. The summed E-state index contributed by atoms with van der Waals surface area (Å²) < 4.78 is 11.1. The number of pyridine rings is 1. The molecule has 6 nitrogen and oxygen atoms in total. The van der Waals surface area contributed by atoms with Crippen LogP contribution in [0.4, 0.5) is 0 Å². The summed E-state index contributed by atoms with van der Waals surface area (Å²) in [5.74, 6) is 0.990. The smallest absolute Gasteiger partial charge is 0.254 e. The molecule has 6 rings (SSSR count). The van der Waals surface area contributed by atoms with Gasteiger partial charge >= 0.3 is 0 Å². The minimum Gasteiger partial charge on any atom is -0.497 e. The first kappa shape index (κ1) is 23.2. The third-order valence-corrected chi connectivity index (χ3v) is 7.76. The van der Waals surface area contributed by atoms with Gasteiger partial charge in [0.1, 0.15) is 5.75 Å². The van der Waals surface area contributed by atoms with E-state index in [-0.39, 0.29) is 5.91 Å². The Hall–Kier alpha value is -3.22. The Bertz CT molecular complexity index is 1290. The van der Waals surface area contributed by atoms with Gasteiger partial charge in [0.15, 0.2) is 0 Å². The largest absolute Gasteiger partial charge is 0.497 e. The fraction of sp³-hybridized carbons (Fsp3) is 0.400. The number of piperazine rings is 1. The molecule has 2 aliphatic heterocycles. The first-order chi connectivity index (χ1) is 17.7. The molecule has 0 spiro atoms. The number of benzene rings is 2. The first-order valence-electron chi connectivity index (χ1n) is 13.1. The average molecular weight is 484 g/mol. The zero-order valence-electron chi connectivity index (χ0n) is 20.9. The summed E-state index contributed by atoms with van der Waals surface area (Å²) in [6.07, 6.45) is 6.61. The number of ether oxygens (including phenoxy) is 2. The van der Waals surface area contributed by atoms with Crippen LogP contribution >= 0.6 is 0 Å². The second kappa shape index (κ2) is 10.0. The van der Waals surface area contributed by atoms with Crippen molar-refractivity contribution in [3.05, 3.63) is 70.9 Å². The maximum atomic E-state index is 14.0. The van der Waals surface area contributed by atoms with E-state index < -0.39 is 0 Å². The summed E-state index contributed by atoms with van der Waals surface area (Å²) in [6, 6.07) is 16.2. The number of hydrogen-bond donors (Lipinski definition) is 0. The molecule has 186 valence electrons. The van der Waals surface area contributed by atoms with E-state index in [1.807, 2.05) is 35.2 Å². The van der Waals surface area contributed by atoms with Crippen molar-refractivity contribution in [2.75, 3.05) is 46.4 Å². The molecule has 3 aromatic rings. The van der Waals surface area contributed by atoms with Crippen LogP contribution in [0.1, 0.15) is 46.4 Å². The van der Waals surface area contributed by atoms with Gasteiger partial charge in [-0.05, 0) is 66.7 Å². The lowest BCUT2D eigenvalue weighted by atomic mass is 9.99. The van der Waals surface area contributed by atoms with Crippen LogP contribution < -0.4 is 4.74 Å². The molecule has 1 amide bonds. The number of methoxy groups -OCH3 is 1. The Labute approximate surface area is 212 Å². The van der Waals surface area contributed by atoms with Crippen molar-refractivity contribution in [3.63, 3.8) is 0 Å². The van der Waals surface area contributed by atoms with Crippen LogP contribution in [0.3, 0.4) is 0 Å². The van der Waals surface area contributed by atoms with Crippen LogP contribution in [-0.4, -0.2) is 73.2 Å². The fourth-order valence-corrected chi connectivity index (χ4v) is 5.79. The summed E-state index contributed by atoms with van der Waals surface area (Å²) in [5.41, 5.74) is 6.12. The van der Waals surface area contributed by atoms with E-state index in [0.29, 0.717) is 6.10 Å². The Balaban J connectivity index is 1.28. The number of fused-ring (bicyclic) bond motifs is 2. The van der Waals surface area contributed by atoms with Gasteiger partial charge in [-0.2, -0.15) is 0 Å². The van der Waals surface area contributed by atoms with Crippen molar-refractivity contribution in [3.8, 4) is 5.75 Å². The van der Waals surface area contributed by atoms with Crippen molar-refractivity contribution >= 4 is 28.5 Å². The molecule has 2 aromatic carbocycles. The number of carbonyl (C=O) groups excluding carboxylic acids is 1. The number of aromatic nitrogens is 1. The molecule has 36 heavy (non-hydrogen) atoms. The van der Waals surface area contributed by atoms with Gasteiger partial charge in [-0.3, -0.25) is 9.69 Å². The van der Waals surface area contributed by atoms with Gasteiger partial charge in [-0.15, -0.1) is 0 Å². The fourth-order valence-electron chi connectivity index (χ4n) is 5.79. The summed E-state index contributed by atoms with van der Waals surface area (Å²) >= 11 is 0. The third-order valence-electron chi connectivity index (χ3n) is 7.76. The highest BCUT2D eigenvalue weighted by Gasteiger charge is 2.31. The number of carbonyl (C=O) groups is 1. The van der Waals surface area contributed by atoms with E-state index in [1.54, 1.807) is 7.11 Å². The quantitative estimate of drug-likeness (QED) is 0.528. The van der Waals surface area contributed by atoms with Gasteiger partial charge < -0.3 is 14.4 Å². The monoisotopic (exact) mass is 483 g/mol. The van der Waals surface area contributed by atoms with Gasteiger partial charge in [0.25, 0.3) is 5.91 Å². The van der Waals surface area contributed by atoms with Crippen LogP contribution in [0.5, 0.6) is 5.75 Å². The zero-order valence-corrected chi connectivity index (χ0v) is 20.9. The standard InChI is InChI=1S/C30H33N3O3/c1-35-23-11-8-21(9-12-23)19-22-10-13-26-28(25-6-2-3-7-27(25)31-29(22)26)30(34)33-16-14-32(15-17-33)20-24-5-4-18-36-24/h2-3,6-9,11-12,19,24H,4-5,10,13-18,20H2,1H3/b22-19+. The number of para-hydroxylation sites is 1. The average Bonchev–Trinajstić information content (AvgIpc) is 3.58. The van der Waals surface area contributed by atoms with Crippen LogP contribution in [0.15, 0.2) is 48.5 Å². The highest BCUT2D eigenvalue weighted by Crippen LogP contribution is 2.38. The summed E-state index contributed by atoms with van der Waals surface area (Å²) in [6.45, 7) is 5.18. The summed E-state index contributed by atoms with van der Waals surface area (Å²) in [7, 11) is 1.68. The van der Waals surface area contributed by atoms with E-state index in [0.717, 1.165) is 104 Å². The Morgan fingerprint density at radius 2 is 1.89 bits per heavy atom. The highest BCUT2D eigenvalue weighted by atomic mass is 16.5. The van der Waals surface area contributed by atoms with E-state index in [2.05, 4.69) is 29.2 Å². The molecule has 1 aromatic heterocycles. The van der Waals surface area contributed by atoms with Crippen molar-refractivity contribution in [1.82, 2.24) is 14.8 Å². The minimum atomic E-state index is 0.146. The first-order valence-corrected chi connectivity index (χ1v) is 13.1. The SMILES string of the molecule is COc1ccc(/C=C2\CCc3c2nc2ccccc2c3C(=O)N2CCN(CC3CCCO3)CC2)cc1. The lowest BCUT2D eigenvalue weighted by molar-refractivity contribution is 0.0433. The van der Waals surface area contributed by atoms with Gasteiger partial charge in [-0.1, -0.05) is 30.3 Å². The van der Waals surface area contributed by atoms with Crippen LogP contribution in [0.25, 0.3) is 22.6 Å². The predicted molar refractivity (Wildman–Crippen MR) is 142 cm³/mol. The van der Waals surface area contributed by atoms with Crippen LogP contribution in [0.2, 0.25) is 0 Å². The Morgan fingerprint density at radius 1 is 1.08 bits per heavy atom. The van der Waals surface area contributed by atoms with E-state index >= 15 is 0 Å². The second-order valence-corrected chi connectivity index (χ2v) is 10.0. The molecular formula is C30H33N3O3. The normalized spacial score (nSPS) is 21.3. The summed E-state index contributed by atoms with van der Waals surface area (Å²) in [4.78, 5) is 23.5. The molecule has 3 heterocycles. The van der Waals surface area contributed by atoms with Gasteiger partial charge in [0.2, 0.25) is 0 Å². The minimum absolute atomic E-state index is 0.146. The number of amides is 1. The molecule has 0 N–H and O–H groups in total. The lowest BCUT2D eigenvalue weighted by Gasteiger charge is -2.36. The number of allylic oxidation sites excluding steroid dienone is 1. The number of rotatable bonds is 5. The predicted octanol–water partition coefficient (Wildman–Crippen LogP) is 4.67. The van der Waals surface area contributed by atoms with Gasteiger partial charge in [-0.25, -0.2) is 4.98 Å². The maximum absolute atomic E-state index is 14.0. The van der Waals surface area contributed by atoms with Crippen molar-refractivity contribution < 1.29 is 14.3 Å². The maximum Gasteiger partial charge on any atom is 0.254 e. The number of hydrogen-bond acceptors (Lipinski definition) is 5. The molecule has 3 aliphatic rings. The molecule has 1 aliphatic carbocycles. The molecule has 2 saturated heterocycles. The molecule has 0 radical (unpaired) electrons. The van der Waals surface area contributed by atoms with Crippen molar-refractivity contribution in [2.45, 2.75) is 31.8 Å². The van der Waals surface area contributed by atoms with Crippen LogP contribution in [-0.2, 0) is 11.2 Å². The lowest BCUT2D eigenvalue weighted by Crippen LogP contribution is -2.50. The molecule has 1 unspecified atom stereocenters. The third kappa shape index (κ3) is 4.51. The topological polar surface area (TPSA) is 54.9 Å². The number of nitrogens with zero attached hydrogens (tertiary/aromatic N) is 3. The summed E-state index contributed by atoms with van der Waals surface area (Å²) in [5, 5.41) is 0.966. The molecule has 2 fully saturated rings. The zero-order chi connectivity index (χ0) is 24.5. The van der Waals surface area contributed by atoms with Crippen molar-refractivity contribution in [1.29, 1.82) is 0 Å². The van der Waals surface area contributed by atoms with Gasteiger partial charge in [0.05, 0.1) is 30.0 Å². The van der Waals surface area contributed by atoms with Gasteiger partial charge in [0, 0.05) is 44.7 Å². The van der Waals surface area contributed by atoms with E-state index in [4.69, 9.17) is 14.5 Å². The molecular weight excluding hydrogens is 450 g/mol. The second-order valence-electron chi connectivity index (χ2n) is 10.0. The van der Waals surface area contributed by atoms with Crippen molar-refractivity contribution in [2.24, 2.45) is 0 Å². The van der Waals surface area contributed by atoms with Crippen LogP contribution in [0, 0.1) is 0 Å². The highest BCUT2D eigenvalue weighted by molar-refractivity contribution is 6.09. The Morgan fingerprint density at radius 3 is 2.64 bits per heavy atom. The Kier molecular flexibility index (Phi) is 6.46. The molecule has 0 saturated carbocycles. The van der Waals surface area contributed by atoms with E-state index in [1.165, 1.54) is 5.57 Å².